The van der Waals surface area contributed by atoms with Crippen LogP contribution < -0.4 is 4.90 Å². The van der Waals surface area contributed by atoms with Crippen LogP contribution in [0.3, 0.4) is 0 Å². The largest absolute Gasteiger partial charge is 0.310 e. The van der Waals surface area contributed by atoms with Gasteiger partial charge in [0.15, 0.2) is 0 Å². The van der Waals surface area contributed by atoms with Crippen molar-refractivity contribution < 1.29 is 0 Å². The second-order valence-corrected chi connectivity index (χ2v) is 17.0. The van der Waals surface area contributed by atoms with E-state index in [1.807, 2.05) is 0 Å². The Labute approximate surface area is 385 Å². The van der Waals surface area contributed by atoms with Gasteiger partial charge in [-0.15, -0.1) is 0 Å². The van der Waals surface area contributed by atoms with Crippen molar-refractivity contribution in [2.24, 2.45) is 0 Å². The molecule has 2 nitrogen and oxygen atoms in total. The van der Waals surface area contributed by atoms with Gasteiger partial charge >= 0.3 is 0 Å². The van der Waals surface area contributed by atoms with Crippen molar-refractivity contribution in [1.82, 2.24) is 4.57 Å². The smallest absolute Gasteiger partial charge is 0.0546 e. The van der Waals surface area contributed by atoms with Crippen LogP contribution in [0, 0.1) is 0 Å². The Morgan fingerprint density at radius 3 is 1.33 bits per heavy atom. The minimum Gasteiger partial charge on any atom is -0.310 e. The highest BCUT2D eigenvalue weighted by Gasteiger charge is 2.20. The molecule has 0 N–H and O–H groups in total. The molecular formula is C64H44N2. The third kappa shape index (κ3) is 7.21. The topological polar surface area (TPSA) is 8.17 Å². The van der Waals surface area contributed by atoms with E-state index in [0.717, 1.165) is 50.6 Å². The Kier molecular flexibility index (Phi) is 9.89. The van der Waals surface area contributed by atoms with Crippen LogP contribution in [0.15, 0.2) is 267 Å². The summed E-state index contributed by atoms with van der Waals surface area (Å²) in [7, 11) is 0. The first kappa shape index (κ1) is 38.9. The molecule has 1 aromatic heterocycles. The van der Waals surface area contributed by atoms with E-state index < -0.39 is 0 Å². The minimum absolute atomic E-state index is 1.07. The fraction of sp³-hybridized carbons (Fsp3) is 0. The molecule has 66 heavy (non-hydrogen) atoms. The standard InChI is InChI=1S/C64H44N2/c1-3-15-45(16-4-1)51-21-13-22-52(41-51)47-31-36-56(37-32-47)65(64-44-55(35-40-59(64)49-18-5-2-6-19-49)54-30-29-46-17-7-8-20-50(46)42-54)57-38-33-48(34-39-57)53-23-14-24-58(43-53)66-62-27-11-9-25-60(62)61-26-10-12-28-63(61)66/h1-44H. The van der Waals surface area contributed by atoms with Gasteiger partial charge in [0.2, 0.25) is 0 Å². The molecule has 0 saturated heterocycles. The number of aromatic nitrogens is 1. The summed E-state index contributed by atoms with van der Waals surface area (Å²) in [4.78, 5) is 2.43. The van der Waals surface area contributed by atoms with E-state index in [-0.39, 0.29) is 0 Å². The summed E-state index contributed by atoms with van der Waals surface area (Å²) < 4.78 is 2.39. The Bertz CT molecular complexity index is 3630. The first-order chi connectivity index (χ1) is 32.7. The van der Waals surface area contributed by atoms with E-state index in [1.165, 1.54) is 60.4 Å². The van der Waals surface area contributed by atoms with Gasteiger partial charge in [0.05, 0.1) is 16.7 Å². The lowest BCUT2D eigenvalue weighted by Gasteiger charge is -2.29. The van der Waals surface area contributed by atoms with Gasteiger partial charge < -0.3 is 9.47 Å². The predicted octanol–water partition coefficient (Wildman–Crippen LogP) is 17.7. The van der Waals surface area contributed by atoms with Crippen LogP contribution in [0.4, 0.5) is 17.1 Å². The number of nitrogens with zero attached hydrogens (tertiary/aromatic N) is 2. The molecule has 12 aromatic rings. The number of fused-ring (bicyclic) bond motifs is 4. The van der Waals surface area contributed by atoms with Gasteiger partial charge in [-0.1, -0.05) is 200 Å². The molecule has 0 aliphatic carbocycles. The SMILES string of the molecule is c1ccc(-c2cccc(-c3ccc(N(c4ccc(-c5cccc(-n6c7ccccc7c7ccccc76)c5)cc4)c4cc(-c5ccc6ccccc6c5)ccc4-c4ccccc4)cc3)c2)cc1. The molecule has 0 saturated carbocycles. The molecular weight excluding hydrogens is 797 g/mol. The lowest BCUT2D eigenvalue weighted by atomic mass is 9.95. The van der Waals surface area contributed by atoms with Crippen molar-refractivity contribution in [3.05, 3.63) is 267 Å². The number of rotatable bonds is 9. The first-order valence-corrected chi connectivity index (χ1v) is 22.7. The van der Waals surface area contributed by atoms with Crippen LogP contribution in [0.25, 0.3) is 93.9 Å². The molecule has 310 valence electrons. The van der Waals surface area contributed by atoms with Crippen LogP contribution in [0.5, 0.6) is 0 Å². The fourth-order valence-electron chi connectivity index (χ4n) is 9.69. The Balaban J connectivity index is 0.988. The van der Waals surface area contributed by atoms with E-state index in [9.17, 15) is 0 Å². The van der Waals surface area contributed by atoms with Crippen molar-refractivity contribution >= 4 is 49.6 Å². The van der Waals surface area contributed by atoms with Crippen LogP contribution in [0.2, 0.25) is 0 Å². The summed E-state index contributed by atoms with van der Waals surface area (Å²) in [6.07, 6.45) is 0. The molecule has 0 radical (unpaired) electrons. The monoisotopic (exact) mass is 840 g/mol. The van der Waals surface area contributed by atoms with Crippen LogP contribution in [0.1, 0.15) is 0 Å². The first-order valence-electron chi connectivity index (χ1n) is 22.7. The summed E-state index contributed by atoms with van der Waals surface area (Å²) in [6.45, 7) is 0. The molecule has 2 heteroatoms. The number of para-hydroxylation sites is 2. The molecule has 12 rings (SSSR count). The molecule has 0 aliphatic heterocycles. The van der Waals surface area contributed by atoms with E-state index in [0.29, 0.717) is 0 Å². The maximum absolute atomic E-state index is 2.43. The van der Waals surface area contributed by atoms with Gasteiger partial charge in [-0.2, -0.15) is 0 Å². The number of anilines is 3. The maximum atomic E-state index is 2.43. The molecule has 0 atom stereocenters. The Morgan fingerprint density at radius 1 is 0.258 bits per heavy atom. The second-order valence-electron chi connectivity index (χ2n) is 17.0. The van der Waals surface area contributed by atoms with E-state index >= 15 is 0 Å². The third-order valence-corrected chi connectivity index (χ3v) is 13.0. The number of hydrogen-bond acceptors (Lipinski definition) is 1. The highest BCUT2D eigenvalue weighted by Crippen LogP contribution is 2.44. The van der Waals surface area contributed by atoms with Crippen molar-refractivity contribution in [2.75, 3.05) is 4.90 Å². The number of hydrogen-bond donors (Lipinski definition) is 0. The average Bonchev–Trinajstić information content (AvgIpc) is 3.74. The van der Waals surface area contributed by atoms with Gasteiger partial charge in [-0.3, -0.25) is 0 Å². The van der Waals surface area contributed by atoms with Crippen molar-refractivity contribution in [3.63, 3.8) is 0 Å². The van der Waals surface area contributed by atoms with Crippen LogP contribution >= 0.6 is 0 Å². The zero-order valence-electron chi connectivity index (χ0n) is 36.3. The molecule has 0 fully saturated rings. The lowest BCUT2D eigenvalue weighted by Crippen LogP contribution is -2.11. The maximum Gasteiger partial charge on any atom is 0.0546 e. The summed E-state index contributed by atoms with van der Waals surface area (Å²) in [5.41, 5.74) is 18.6. The third-order valence-electron chi connectivity index (χ3n) is 13.0. The Morgan fingerprint density at radius 2 is 0.697 bits per heavy atom. The van der Waals surface area contributed by atoms with E-state index in [2.05, 4.69) is 276 Å². The molecule has 0 aliphatic rings. The lowest BCUT2D eigenvalue weighted by molar-refractivity contribution is 1.18. The molecule has 0 spiro atoms. The summed E-state index contributed by atoms with van der Waals surface area (Å²) in [5, 5.41) is 4.98. The zero-order chi connectivity index (χ0) is 43.8. The van der Waals surface area contributed by atoms with Crippen molar-refractivity contribution in [2.45, 2.75) is 0 Å². The molecule has 1 heterocycles. The molecule has 0 amide bonds. The summed E-state index contributed by atoms with van der Waals surface area (Å²) in [5.74, 6) is 0. The zero-order valence-corrected chi connectivity index (χ0v) is 36.3. The van der Waals surface area contributed by atoms with Crippen molar-refractivity contribution in [3.8, 4) is 61.3 Å². The van der Waals surface area contributed by atoms with E-state index in [4.69, 9.17) is 0 Å². The normalized spacial score (nSPS) is 11.3. The minimum atomic E-state index is 1.07. The quantitative estimate of drug-likeness (QED) is 0.141. The van der Waals surface area contributed by atoms with Crippen molar-refractivity contribution in [1.29, 1.82) is 0 Å². The van der Waals surface area contributed by atoms with Crippen LogP contribution in [-0.4, -0.2) is 4.57 Å². The van der Waals surface area contributed by atoms with Gasteiger partial charge in [-0.25, -0.2) is 0 Å². The molecule has 0 unspecified atom stereocenters. The average molecular weight is 841 g/mol. The summed E-state index contributed by atoms with van der Waals surface area (Å²) in [6, 6.07) is 97.0. The molecule has 11 aromatic carbocycles. The number of benzene rings is 11. The second kappa shape index (κ2) is 16.8. The van der Waals surface area contributed by atoms with Gasteiger partial charge in [-0.05, 0) is 128 Å². The highest BCUT2D eigenvalue weighted by atomic mass is 15.1. The van der Waals surface area contributed by atoms with Gasteiger partial charge in [0.25, 0.3) is 0 Å². The van der Waals surface area contributed by atoms with E-state index in [1.54, 1.807) is 0 Å². The predicted molar refractivity (Wildman–Crippen MR) is 280 cm³/mol. The van der Waals surface area contributed by atoms with Gasteiger partial charge in [0.1, 0.15) is 0 Å². The Hall–Kier alpha value is -8.72. The highest BCUT2D eigenvalue weighted by molar-refractivity contribution is 6.09. The van der Waals surface area contributed by atoms with Crippen LogP contribution in [-0.2, 0) is 0 Å². The fourth-order valence-corrected chi connectivity index (χ4v) is 9.69. The molecule has 0 bridgehead atoms. The van der Waals surface area contributed by atoms with Gasteiger partial charge in [0, 0.05) is 33.4 Å². The summed E-state index contributed by atoms with van der Waals surface area (Å²) >= 11 is 0.